The lowest BCUT2D eigenvalue weighted by atomic mass is 9.90. The van der Waals surface area contributed by atoms with Gasteiger partial charge in [-0.15, -0.1) is 0 Å². The second-order valence-electron chi connectivity index (χ2n) is 9.98. The summed E-state index contributed by atoms with van der Waals surface area (Å²) in [6.07, 6.45) is 21.7. The van der Waals surface area contributed by atoms with Crippen molar-refractivity contribution in [1.82, 2.24) is 9.97 Å². The Morgan fingerprint density at radius 3 is 1.14 bits per heavy atom. The molecule has 0 aliphatic heterocycles. The van der Waals surface area contributed by atoms with Crippen LogP contribution < -0.4 is 0 Å². The van der Waals surface area contributed by atoms with Crippen molar-refractivity contribution >= 4 is 0 Å². The van der Waals surface area contributed by atoms with Crippen molar-refractivity contribution in [2.75, 3.05) is 0 Å². The van der Waals surface area contributed by atoms with E-state index in [4.69, 9.17) is 0 Å². The minimum atomic E-state index is -0.314. The van der Waals surface area contributed by atoms with Gasteiger partial charge in [-0.1, -0.05) is 91.2 Å². The van der Waals surface area contributed by atoms with Crippen molar-refractivity contribution in [2.24, 2.45) is 11.8 Å². The molecule has 0 amide bonds. The van der Waals surface area contributed by atoms with Crippen LogP contribution in [0.25, 0.3) is 0 Å². The number of hydrogen-bond donors (Lipinski definition) is 2. The monoisotopic (exact) mass is 498 g/mol. The number of aliphatic hydroxyl groups excluding tert-OH is 2. The van der Waals surface area contributed by atoms with E-state index in [1.807, 2.05) is 66.3 Å². The predicted octanol–water partition coefficient (Wildman–Crippen LogP) is 8.84. The van der Waals surface area contributed by atoms with Crippen LogP contribution in [0.3, 0.4) is 0 Å². The van der Waals surface area contributed by atoms with Crippen LogP contribution in [0.5, 0.6) is 0 Å². The quantitative estimate of drug-likeness (QED) is 0.413. The van der Waals surface area contributed by atoms with Crippen molar-refractivity contribution in [3.05, 3.63) is 59.2 Å². The standard InChI is InChI=1S/2C14H21NO.2C2H6/c2*1-11-8-13(10-15-9-11)14(16)12-6-4-2-3-5-7-12;2*1-2/h2*8-10,12,14,16H,2-7H2,1H3;2*1-2H3/t2*14-;;/m11../s1. The lowest BCUT2D eigenvalue weighted by Crippen LogP contribution is -2.12. The number of rotatable bonds is 4. The molecule has 0 spiro atoms. The average molecular weight is 499 g/mol. The molecule has 2 atom stereocenters. The highest BCUT2D eigenvalue weighted by molar-refractivity contribution is 5.20. The Balaban J connectivity index is 0.000000317. The smallest absolute Gasteiger partial charge is 0.0833 e. The molecule has 2 aromatic heterocycles. The summed E-state index contributed by atoms with van der Waals surface area (Å²) in [4.78, 5) is 8.33. The van der Waals surface area contributed by atoms with Crippen molar-refractivity contribution in [2.45, 2.75) is 131 Å². The Kier molecular flexibility index (Phi) is 17.3. The fraction of sp³-hybridized carbons (Fsp3) is 0.688. The van der Waals surface area contributed by atoms with Gasteiger partial charge < -0.3 is 10.2 Å². The minimum absolute atomic E-state index is 0.314. The molecule has 2 aliphatic carbocycles. The third kappa shape index (κ3) is 11.5. The maximum atomic E-state index is 10.4. The molecule has 4 rings (SSSR count). The summed E-state index contributed by atoms with van der Waals surface area (Å²) in [6, 6.07) is 4.12. The van der Waals surface area contributed by atoms with E-state index in [-0.39, 0.29) is 12.2 Å². The third-order valence-electron chi connectivity index (χ3n) is 7.17. The molecule has 36 heavy (non-hydrogen) atoms. The van der Waals surface area contributed by atoms with Crippen molar-refractivity contribution in [3.8, 4) is 0 Å². The zero-order chi connectivity index (χ0) is 26.8. The molecule has 204 valence electrons. The van der Waals surface area contributed by atoms with Gasteiger partial charge in [0.1, 0.15) is 0 Å². The van der Waals surface area contributed by atoms with Crippen LogP contribution in [-0.2, 0) is 0 Å². The summed E-state index contributed by atoms with van der Waals surface area (Å²) in [5.74, 6) is 0.872. The lowest BCUT2D eigenvalue weighted by Gasteiger charge is -2.21. The SMILES string of the molecule is CC.CC.Cc1cncc([C@H](O)C2CCCCCC2)c1.Cc1cncc([C@H](O)C2CCCCCC2)c1. The molecule has 0 aromatic carbocycles. The van der Waals surface area contributed by atoms with Gasteiger partial charge in [0.15, 0.2) is 0 Å². The van der Waals surface area contributed by atoms with Gasteiger partial charge in [-0.2, -0.15) is 0 Å². The lowest BCUT2D eigenvalue weighted by molar-refractivity contribution is 0.0982. The van der Waals surface area contributed by atoms with E-state index >= 15 is 0 Å². The second-order valence-corrected chi connectivity index (χ2v) is 9.98. The number of nitrogens with zero attached hydrogens (tertiary/aromatic N) is 2. The maximum absolute atomic E-state index is 10.4. The summed E-state index contributed by atoms with van der Waals surface area (Å²) >= 11 is 0. The predicted molar refractivity (Wildman–Crippen MR) is 153 cm³/mol. The van der Waals surface area contributed by atoms with Gasteiger partial charge in [0.25, 0.3) is 0 Å². The number of aliphatic hydroxyl groups is 2. The second kappa shape index (κ2) is 19.3. The van der Waals surface area contributed by atoms with Gasteiger partial charge >= 0.3 is 0 Å². The molecular formula is C32H54N2O2. The average Bonchev–Trinajstić information content (AvgIpc) is 3.37. The van der Waals surface area contributed by atoms with E-state index in [9.17, 15) is 10.2 Å². The van der Waals surface area contributed by atoms with Gasteiger partial charge in [-0.25, -0.2) is 0 Å². The number of pyridine rings is 2. The third-order valence-corrected chi connectivity index (χ3v) is 7.17. The molecular weight excluding hydrogens is 444 g/mol. The first-order chi connectivity index (χ1) is 17.5. The van der Waals surface area contributed by atoms with Crippen molar-refractivity contribution in [3.63, 3.8) is 0 Å². The number of aryl methyl sites for hydroxylation is 2. The number of aromatic nitrogens is 2. The molecule has 2 heterocycles. The Morgan fingerprint density at radius 1 is 0.556 bits per heavy atom. The summed E-state index contributed by atoms with van der Waals surface area (Å²) in [5, 5.41) is 20.7. The molecule has 2 N–H and O–H groups in total. The van der Waals surface area contributed by atoms with Gasteiger partial charge in [0, 0.05) is 24.8 Å². The van der Waals surface area contributed by atoms with Crippen LogP contribution in [0.1, 0.15) is 139 Å². The van der Waals surface area contributed by atoms with Crippen molar-refractivity contribution in [1.29, 1.82) is 0 Å². The summed E-state index contributed by atoms with van der Waals surface area (Å²) in [5.41, 5.74) is 4.24. The first-order valence-electron chi connectivity index (χ1n) is 14.7. The zero-order valence-electron chi connectivity index (χ0n) is 24.0. The highest BCUT2D eigenvalue weighted by Crippen LogP contribution is 2.34. The molecule has 0 bridgehead atoms. The Morgan fingerprint density at radius 2 is 0.861 bits per heavy atom. The van der Waals surface area contributed by atoms with Gasteiger partial charge in [-0.05, 0) is 73.6 Å². The zero-order valence-corrected chi connectivity index (χ0v) is 24.0. The molecule has 4 nitrogen and oxygen atoms in total. The van der Waals surface area contributed by atoms with Gasteiger partial charge in [0.05, 0.1) is 12.2 Å². The highest BCUT2D eigenvalue weighted by atomic mass is 16.3. The van der Waals surface area contributed by atoms with Crippen LogP contribution in [0.2, 0.25) is 0 Å². The van der Waals surface area contributed by atoms with Crippen LogP contribution in [0.4, 0.5) is 0 Å². The van der Waals surface area contributed by atoms with Crippen LogP contribution >= 0.6 is 0 Å². The molecule has 2 fully saturated rings. The Labute approximate surface area is 222 Å². The first kappa shape index (κ1) is 32.2. The molecule has 0 radical (unpaired) electrons. The topological polar surface area (TPSA) is 66.2 Å². The summed E-state index contributed by atoms with van der Waals surface area (Å²) < 4.78 is 0. The fourth-order valence-electron chi connectivity index (χ4n) is 5.28. The molecule has 4 heteroatoms. The van der Waals surface area contributed by atoms with Gasteiger partial charge in [-0.3, -0.25) is 9.97 Å². The largest absolute Gasteiger partial charge is 0.388 e. The Hall–Kier alpha value is -1.78. The first-order valence-corrected chi connectivity index (χ1v) is 14.7. The van der Waals surface area contributed by atoms with Crippen molar-refractivity contribution < 1.29 is 10.2 Å². The fourth-order valence-corrected chi connectivity index (χ4v) is 5.28. The van der Waals surface area contributed by atoms with E-state index in [2.05, 4.69) is 22.1 Å². The Bertz CT molecular complexity index is 727. The highest BCUT2D eigenvalue weighted by Gasteiger charge is 2.23. The van der Waals surface area contributed by atoms with Crippen LogP contribution in [0.15, 0.2) is 36.9 Å². The maximum Gasteiger partial charge on any atom is 0.0833 e. The minimum Gasteiger partial charge on any atom is -0.388 e. The molecule has 2 aliphatic rings. The van der Waals surface area contributed by atoms with Crippen LogP contribution in [-0.4, -0.2) is 20.2 Å². The van der Waals surface area contributed by atoms with E-state index in [0.717, 1.165) is 47.9 Å². The normalized spacial score (nSPS) is 18.4. The van der Waals surface area contributed by atoms with Crippen LogP contribution in [0, 0.1) is 25.7 Å². The van der Waals surface area contributed by atoms with E-state index < -0.39 is 0 Å². The number of hydrogen-bond acceptors (Lipinski definition) is 4. The van der Waals surface area contributed by atoms with E-state index in [1.165, 1.54) is 51.4 Å². The molecule has 0 saturated heterocycles. The molecule has 2 saturated carbocycles. The molecule has 2 aromatic rings. The van der Waals surface area contributed by atoms with E-state index in [1.54, 1.807) is 0 Å². The molecule has 0 unspecified atom stereocenters. The van der Waals surface area contributed by atoms with Gasteiger partial charge in [0.2, 0.25) is 0 Å². The summed E-state index contributed by atoms with van der Waals surface area (Å²) in [7, 11) is 0. The summed E-state index contributed by atoms with van der Waals surface area (Å²) in [6.45, 7) is 12.0. The van der Waals surface area contributed by atoms with E-state index in [0.29, 0.717) is 11.8 Å².